The van der Waals surface area contributed by atoms with E-state index in [-0.39, 0.29) is 12.5 Å². The smallest absolute Gasteiger partial charge is 0.126 e. The zero-order chi connectivity index (χ0) is 9.03. The fourth-order valence-corrected chi connectivity index (χ4v) is 1.20. The van der Waals surface area contributed by atoms with Crippen molar-refractivity contribution in [2.45, 2.75) is 5.60 Å². The lowest BCUT2D eigenvalue weighted by Gasteiger charge is -2.23. The minimum Gasteiger partial charge on any atom is -0.393 e. The van der Waals surface area contributed by atoms with Crippen molar-refractivity contribution < 1.29 is 10.2 Å². The Labute approximate surface area is 76.4 Å². The molecule has 0 aromatic heterocycles. The molecule has 0 aliphatic rings. The van der Waals surface area contributed by atoms with Gasteiger partial charge >= 0.3 is 0 Å². The van der Waals surface area contributed by atoms with E-state index in [0.717, 1.165) is 0 Å². The van der Waals surface area contributed by atoms with Crippen molar-refractivity contribution in [2.75, 3.05) is 12.5 Å². The minimum atomic E-state index is -1.30. The van der Waals surface area contributed by atoms with E-state index in [0.29, 0.717) is 5.56 Å². The molecule has 2 nitrogen and oxygen atoms in total. The molecular weight excluding hydrogens is 176 g/mol. The Kier molecular flexibility index (Phi) is 3.09. The Morgan fingerprint density at radius 1 is 1.25 bits per heavy atom. The first-order valence-electron chi connectivity index (χ1n) is 3.67. The first kappa shape index (κ1) is 9.52. The van der Waals surface area contributed by atoms with Crippen LogP contribution in [0.2, 0.25) is 0 Å². The molecule has 0 saturated carbocycles. The molecule has 1 rings (SSSR count). The molecule has 0 radical (unpaired) electrons. The number of aliphatic hydroxyl groups excluding tert-OH is 1. The molecule has 66 valence electrons. The zero-order valence-electron chi connectivity index (χ0n) is 6.57. The van der Waals surface area contributed by atoms with Gasteiger partial charge < -0.3 is 10.2 Å². The SMILES string of the molecule is OCC(O)(CCl)c1ccccc1. The van der Waals surface area contributed by atoms with Gasteiger partial charge in [0.25, 0.3) is 0 Å². The highest BCUT2D eigenvalue weighted by Crippen LogP contribution is 2.21. The fraction of sp³-hybridized carbons (Fsp3) is 0.333. The maximum Gasteiger partial charge on any atom is 0.126 e. The summed E-state index contributed by atoms with van der Waals surface area (Å²) in [6.07, 6.45) is 0. The molecule has 0 saturated heterocycles. The Balaban J connectivity index is 2.95. The van der Waals surface area contributed by atoms with E-state index in [2.05, 4.69) is 0 Å². The third kappa shape index (κ3) is 1.78. The van der Waals surface area contributed by atoms with E-state index in [1.807, 2.05) is 6.07 Å². The summed E-state index contributed by atoms with van der Waals surface area (Å²) in [5, 5.41) is 18.6. The molecule has 1 atom stereocenters. The summed E-state index contributed by atoms with van der Waals surface area (Å²) in [6.45, 7) is -0.361. The molecule has 2 N–H and O–H groups in total. The van der Waals surface area contributed by atoms with Gasteiger partial charge in [0.1, 0.15) is 5.60 Å². The maximum absolute atomic E-state index is 9.72. The molecule has 0 aliphatic carbocycles. The van der Waals surface area contributed by atoms with Crippen LogP contribution in [0.25, 0.3) is 0 Å². The van der Waals surface area contributed by atoms with Crippen LogP contribution in [0, 0.1) is 0 Å². The average Bonchev–Trinajstić information content (AvgIpc) is 2.18. The zero-order valence-corrected chi connectivity index (χ0v) is 7.33. The van der Waals surface area contributed by atoms with Gasteiger partial charge in [-0.25, -0.2) is 0 Å². The van der Waals surface area contributed by atoms with Crippen LogP contribution in [-0.2, 0) is 5.60 Å². The number of alkyl halides is 1. The lowest BCUT2D eigenvalue weighted by atomic mass is 9.97. The second-order valence-electron chi connectivity index (χ2n) is 2.69. The van der Waals surface area contributed by atoms with Crippen LogP contribution in [0.1, 0.15) is 5.56 Å². The van der Waals surface area contributed by atoms with E-state index in [1.54, 1.807) is 24.3 Å². The molecule has 0 bridgehead atoms. The predicted octanol–water partition coefficient (Wildman–Crippen LogP) is 1.11. The average molecular weight is 187 g/mol. The molecule has 0 amide bonds. The lowest BCUT2D eigenvalue weighted by Crippen LogP contribution is -2.32. The number of rotatable bonds is 3. The van der Waals surface area contributed by atoms with Crippen LogP contribution in [0.5, 0.6) is 0 Å². The van der Waals surface area contributed by atoms with Crippen LogP contribution < -0.4 is 0 Å². The van der Waals surface area contributed by atoms with Crippen LogP contribution in [-0.4, -0.2) is 22.7 Å². The molecule has 1 aromatic rings. The van der Waals surface area contributed by atoms with Crippen molar-refractivity contribution in [2.24, 2.45) is 0 Å². The molecule has 1 unspecified atom stereocenters. The molecule has 12 heavy (non-hydrogen) atoms. The van der Waals surface area contributed by atoms with Gasteiger partial charge in [-0.3, -0.25) is 0 Å². The van der Waals surface area contributed by atoms with Crippen LogP contribution >= 0.6 is 11.6 Å². The summed E-state index contributed by atoms with van der Waals surface area (Å²) < 4.78 is 0. The molecule has 0 spiro atoms. The second-order valence-corrected chi connectivity index (χ2v) is 2.96. The highest BCUT2D eigenvalue weighted by molar-refractivity contribution is 6.18. The third-order valence-corrected chi connectivity index (χ3v) is 2.24. The Morgan fingerprint density at radius 3 is 2.25 bits per heavy atom. The van der Waals surface area contributed by atoms with Crippen LogP contribution in [0.15, 0.2) is 30.3 Å². The van der Waals surface area contributed by atoms with Gasteiger partial charge in [0, 0.05) is 0 Å². The Hall–Kier alpha value is -0.570. The van der Waals surface area contributed by atoms with E-state index in [9.17, 15) is 5.11 Å². The van der Waals surface area contributed by atoms with E-state index in [4.69, 9.17) is 16.7 Å². The summed E-state index contributed by atoms with van der Waals surface area (Å²) in [7, 11) is 0. The minimum absolute atomic E-state index is 0.00644. The summed E-state index contributed by atoms with van der Waals surface area (Å²) in [6, 6.07) is 8.90. The Bertz CT molecular complexity index is 232. The first-order valence-corrected chi connectivity index (χ1v) is 4.21. The van der Waals surface area contributed by atoms with Gasteiger partial charge in [-0.15, -0.1) is 11.6 Å². The molecular formula is C9H11ClO2. The van der Waals surface area contributed by atoms with E-state index >= 15 is 0 Å². The number of halogens is 1. The van der Waals surface area contributed by atoms with E-state index < -0.39 is 5.60 Å². The van der Waals surface area contributed by atoms with Crippen molar-refractivity contribution in [3.8, 4) is 0 Å². The highest BCUT2D eigenvalue weighted by Gasteiger charge is 2.26. The van der Waals surface area contributed by atoms with Gasteiger partial charge in [-0.2, -0.15) is 0 Å². The van der Waals surface area contributed by atoms with Crippen molar-refractivity contribution in [1.82, 2.24) is 0 Å². The molecule has 3 heteroatoms. The maximum atomic E-state index is 9.72. The highest BCUT2D eigenvalue weighted by atomic mass is 35.5. The number of hydrogen-bond donors (Lipinski definition) is 2. The number of hydrogen-bond acceptors (Lipinski definition) is 2. The summed E-state index contributed by atoms with van der Waals surface area (Å²) in [4.78, 5) is 0. The van der Waals surface area contributed by atoms with Gasteiger partial charge in [-0.1, -0.05) is 30.3 Å². The predicted molar refractivity (Wildman–Crippen MR) is 48.1 cm³/mol. The summed E-state index contributed by atoms with van der Waals surface area (Å²) >= 11 is 5.53. The quantitative estimate of drug-likeness (QED) is 0.695. The molecule has 0 fully saturated rings. The van der Waals surface area contributed by atoms with E-state index in [1.165, 1.54) is 0 Å². The molecule has 0 heterocycles. The van der Waals surface area contributed by atoms with Crippen molar-refractivity contribution >= 4 is 11.6 Å². The first-order chi connectivity index (χ1) is 5.73. The summed E-state index contributed by atoms with van der Waals surface area (Å²) in [5.74, 6) is -0.00644. The van der Waals surface area contributed by atoms with Crippen molar-refractivity contribution in [3.63, 3.8) is 0 Å². The largest absolute Gasteiger partial charge is 0.393 e. The van der Waals surface area contributed by atoms with Crippen LogP contribution in [0.4, 0.5) is 0 Å². The second kappa shape index (κ2) is 3.90. The lowest BCUT2D eigenvalue weighted by molar-refractivity contribution is 0.000940. The standard InChI is InChI=1S/C9H11ClO2/c10-6-9(12,7-11)8-4-2-1-3-5-8/h1-5,11-12H,6-7H2. The molecule has 0 aliphatic heterocycles. The monoisotopic (exact) mass is 186 g/mol. The Morgan fingerprint density at radius 2 is 1.83 bits per heavy atom. The van der Waals surface area contributed by atoms with Crippen molar-refractivity contribution in [3.05, 3.63) is 35.9 Å². The van der Waals surface area contributed by atoms with Crippen LogP contribution in [0.3, 0.4) is 0 Å². The van der Waals surface area contributed by atoms with Gasteiger partial charge in [0.15, 0.2) is 0 Å². The van der Waals surface area contributed by atoms with Crippen molar-refractivity contribution in [1.29, 1.82) is 0 Å². The van der Waals surface area contributed by atoms with Gasteiger partial charge in [0.05, 0.1) is 12.5 Å². The van der Waals surface area contributed by atoms with Gasteiger partial charge in [0.2, 0.25) is 0 Å². The fourth-order valence-electron chi connectivity index (χ4n) is 0.959. The summed E-state index contributed by atoms with van der Waals surface area (Å²) in [5.41, 5.74) is -0.662. The molecule has 1 aromatic carbocycles. The topological polar surface area (TPSA) is 40.5 Å². The third-order valence-electron chi connectivity index (χ3n) is 1.79. The van der Waals surface area contributed by atoms with Gasteiger partial charge in [-0.05, 0) is 5.56 Å². The number of benzene rings is 1. The normalized spacial score (nSPS) is 15.6. The number of aliphatic hydroxyl groups is 2.